The van der Waals surface area contributed by atoms with Gasteiger partial charge in [0.2, 0.25) is 0 Å². The lowest BCUT2D eigenvalue weighted by Crippen LogP contribution is -2.13. The Morgan fingerprint density at radius 3 is 2.84 bits per heavy atom. The van der Waals surface area contributed by atoms with Crippen molar-refractivity contribution in [1.82, 2.24) is 19.9 Å². The molecule has 0 saturated carbocycles. The molecular formula is C19H21N5O. The lowest BCUT2D eigenvalue weighted by Gasteiger charge is -2.11. The minimum absolute atomic E-state index is 0.0543. The molecule has 2 N–H and O–H groups in total. The molecule has 6 nitrogen and oxygen atoms in total. The summed E-state index contributed by atoms with van der Waals surface area (Å²) < 4.78 is 1.98. The summed E-state index contributed by atoms with van der Waals surface area (Å²) in [5.41, 5.74) is 5.13. The third-order valence-corrected chi connectivity index (χ3v) is 4.12. The molecule has 128 valence electrons. The summed E-state index contributed by atoms with van der Waals surface area (Å²) in [6.45, 7) is 5.75. The van der Waals surface area contributed by atoms with Crippen molar-refractivity contribution in [1.29, 1.82) is 0 Å². The lowest BCUT2D eigenvalue weighted by molar-refractivity contribution is 0.0966. The van der Waals surface area contributed by atoms with Crippen LogP contribution in [-0.4, -0.2) is 27.5 Å². The monoisotopic (exact) mass is 335 g/mol. The quantitative estimate of drug-likeness (QED) is 0.706. The maximum Gasteiger partial charge on any atom is 0.254 e. The molecule has 4 heterocycles. The van der Waals surface area contributed by atoms with Gasteiger partial charge in [-0.15, -0.1) is 6.58 Å². The molecule has 0 atom stereocenters. The predicted molar refractivity (Wildman–Crippen MR) is 101 cm³/mol. The molecule has 0 aromatic carbocycles. The summed E-state index contributed by atoms with van der Waals surface area (Å²) in [6, 6.07) is 3.98. The SMILES string of the molecule is C=CC.CNc1cnc(-c2ccnc3c2ccn3C)c2c1C(=O)NC2. The number of hydrogen-bond acceptors (Lipinski definition) is 4. The van der Waals surface area contributed by atoms with E-state index in [0.29, 0.717) is 12.1 Å². The van der Waals surface area contributed by atoms with Crippen molar-refractivity contribution in [2.45, 2.75) is 13.5 Å². The normalized spacial score (nSPS) is 12.2. The highest BCUT2D eigenvalue weighted by atomic mass is 16.1. The molecule has 0 unspecified atom stereocenters. The Bertz CT molecular complexity index is 958. The lowest BCUT2D eigenvalue weighted by atomic mass is 10.0. The Morgan fingerprint density at radius 2 is 2.12 bits per heavy atom. The Morgan fingerprint density at radius 1 is 1.36 bits per heavy atom. The fourth-order valence-electron chi connectivity index (χ4n) is 3.03. The molecule has 1 aliphatic rings. The third kappa shape index (κ3) is 2.76. The maximum atomic E-state index is 12.1. The van der Waals surface area contributed by atoms with Crippen molar-refractivity contribution in [2.24, 2.45) is 7.05 Å². The topological polar surface area (TPSA) is 71.8 Å². The van der Waals surface area contributed by atoms with Crippen molar-refractivity contribution >= 4 is 22.6 Å². The van der Waals surface area contributed by atoms with Gasteiger partial charge >= 0.3 is 0 Å². The smallest absolute Gasteiger partial charge is 0.254 e. The second kappa shape index (κ2) is 6.76. The summed E-state index contributed by atoms with van der Waals surface area (Å²) in [4.78, 5) is 21.1. The molecule has 0 aliphatic carbocycles. The Kier molecular flexibility index (Phi) is 4.52. The molecule has 1 amide bonds. The Balaban J connectivity index is 0.000000569. The average Bonchev–Trinajstić information content (AvgIpc) is 3.19. The molecule has 0 radical (unpaired) electrons. The number of carbonyl (C=O) groups is 1. The number of nitrogens with one attached hydrogen (secondary N) is 2. The van der Waals surface area contributed by atoms with Gasteiger partial charge in [0.15, 0.2) is 0 Å². The van der Waals surface area contributed by atoms with E-state index in [2.05, 4.69) is 27.2 Å². The highest BCUT2D eigenvalue weighted by Gasteiger charge is 2.27. The summed E-state index contributed by atoms with van der Waals surface area (Å²) >= 11 is 0. The van der Waals surface area contributed by atoms with Gasteiger partial charge in [-0.1, -0.05) is 6.08 Å². The van der Waals surface area contributed by atoms with Crippen molar-refractivity contribution < 1.29 is 4.79 Å². The highest BCUT2D eigenvalue weighted by Crippen LogP contribution is 2.34. The van der Waals surface area contributed by atoms with Crippen molar-refractivity contribution in [3.05, 3.63) is 54.5 Å². The van der Waals surface area contributed by atoms with Crippen LogP contribution in [-0.2, 0) is 13.6 Å². The van der Waals surface area contributed by atoms with E-state index < -0.39 is 0 Å². The zero-order valence-corrected chi connectivity index (χ0v) is 14.6. The molecule has 4 rings (SSSR count). The average molecular weight is 335 g/mol. The van der Waals surface area contributed by atoms with Crippen LogP contribution in [0.5, 0.6) is 0 Å². The van der Waals surface area contributed by atoms with Crippen LogP contribution >= 0.6 is 0 Å². The molecular weight excluding hydrogens is 314 g/mol. The highest BCUT2D eigenvalue weighted by molar-refractivity contribution is 6.06. The van der Waals surface area contributed by atoms with E-state index in [4.69, 9.17) is 0 Å². The van der Waals surface area contributed by atoms with Crippen molar-refractivity contribution in [3.8, 4) is 11.3 Å². The maximum absolute atomic E-state index is 12.1. The number of anilines is 1. The Hall–Kier alpha value is -3.15. The fraction of sp³-hybridized carbons (Fsp3) is 0.211. The fourth-order valence-corrected chi connectivity index (χ4v) is 3.03. The van der Waals surface area contributed by atoms with Gasteiger partial charge < -0.3 is 15.2 Å². The standard InChI is InChI=1S/C16H15N5O.C3H6/c1-17-12-8-19-14(11-7-20-16(22)13(11)12)9-3-5-18-15-10(9)4-6-21(15)2;1-3-2/h3-6,8,17H,7H2,1-2H3,(H,20,22);3H,1H2,2H3. The second-order valence-corrected chi connectivity index (χ2v) is 5.74. The van der Waals surface area contributed by atoms with Gasteiger partial charge in [-0.3, -0.25) is 9.78 Å². The number of carbonyl (C=O) groups excluding carboxylic acids is 1. The molecule has 1 aliphatic heterocycles. The molecule has 0 bridgehead atoms. The number of hydrogen-bond donors (Lipinski definition) is 2. The molecule has 0 fully saturated rings. The predicted octanol–water partition coefficient (Wildman–Crippen LogP) is 3.11. The van der Waals surface area contributed by atoms with Gasteiger partial charge in [-0.05, 0) is 19.1 Å². The van der Waals surface area contributed by atoms with E-state index >= 15 is 0 Å². The van der Waals surface area contributed by atoms with Crippen LogP contribution < -0.4 is 10.6 Å². The summed E-state index contributed by atoms with van der Waals surface area (Å²) in [5.74, 6) is -0.0543. The van der Waals surface area contributed by atoms with Crippen LogP contribution in [0.2, 0.25) is 0 Å². The minimum atomic E-state index is -0.0543. The first-order valence-electron chi connectivity index (χ1n) is 8.07. The number of nitrogens with zero attached hydrogens (tertiary/aromatic N) is 3. The van der Waals surface area contributed by atoms with Gasteiger partial charge in [0.25, 0.3) is 5.91 Å². The number of pyridine rings is 2. The zero-order chi connectivity index (χ0) is 18.0. The third-order valence-electron chi connectivity index (χ3n) is 4.12. The van der Waals surface area contributed by atoms with Crippen molar-refractivity contribution in [2.75, 3.05) is 12.4 Å². The molecule has 6 heteroatoms. The number of rotatable bonds is 2. The molecule has 0 saturated heterocycles. The van der Waals surface area contributed by atoms with Crippen LogP contribution in [0.3, 0.4) is 0 Å². The first kappa shape index (κ1) is 16.7. The number of fused-ring (bicyclic) bond motifs is 2. The van der Waals surface area contributed by atoms with E-state index in [1.54, 1.807) is 25.5 Å². The summed E-state index contributed by atoms with van der Waals surface area (Å²) in [5, 5.41) is 6.96. The number of amides is 1. The second-order valence-electron chi connectivity index (χ2n) is 5.74. The minimum Gasteiger partial charge on any atom is -0.386 e. The van der Waals surface area contributed by atoms with Gasteiger partial charge in [0, 0.05) is 49.5 Å². The van der Waals surface area contributed by atoms with Crippen LogP contribution in [0.4, 0.5) is 5.69 Å². The first-order valence-corrected chi connectivity index (χ1v) is 8.07. The van der Waals surface area contributed by atoms with Crippen molar-refractivity contribution in [3.63, 3.8) is 0 Å². The summed E-state index contributed by atoms with van der Waals surface area (Å²) in [7, 11) is 3.76. The van der Waals surface area contributed by atoms with E-state index in [-0.39, 0.29) is 5.91 Å². The van der Waals surface area contributed by atoms with E-state index in [0.717, 1.165) is 33.5 Å². The zero-order valence-electron chi connectivity index (χ0n) is 14.6. The number of aromatic nitrogens is 3. The van der Waals surface area contributed by atoms with Gasteiger partial charge in [-0.2, -0.15) is 0 Å². The molecule has 3 aromatic rings. The van der Waals surface area contributed by atoms with Gasteiger partial charge in [-0.25, -0.2) is 4.98 Å². The van der Waals surface area contributed by atoms with Crippen LogP contribution in [0.25, 0.3) is 22.3 Å². The van der Waals surface area contributed by atoms with Crippen LogP contribution in [0.1, 0.15) is 22.8 Å². The van der Waals surface area contributed by atoms with E-state index in [9.17, 15) is 4.79 Å². The number of aryl methyl sites for hydroxylation is 1. The van der Waals surface area contributed by atoms with Gasteiger partial charge in [0.05, 0.1) is 23.1 Å². The summed E-state index contributed by atoms with van der Waals surface area (Å²) in [6.07, 6.45) is 7.23. The van der Waals surface area contributed by atoms with E-state index in [1.165, 1.54) is 0 Å². The van der Waals surface area contributed by atoms with Crippen LogP contribution in [0.15, 0.2) is 43.4 Å². The number of allylic oxidation sites excluding steroid dienone is 1. The molecule has 3 aromatic heterocycles. The Labute approximate surface area is 146 Å². The van der Waals surface area contributed by atoms with Gasteiger partial charge in [0.1, 0.15) is 5.65 Å². The molecule has 0 spiro atoms. The first-order chi connectivity index (χ1) is 12.1. The van der Waals surface area contributed by atoms with E-state index in [1.807, 2.05) is 36.9 Å². The molecule has 25 heavy (non-hydrogen) atoms. The van der Waals surface area contributed by atoms with Crippen LogP contribution in [0, 0.1) is 0 Å². The largest absolute Gasteiger partial charge is 0.386 e.